The van der Waals surface area contributed by atoms with Crippen molar-refractivity contribution in [3.05, 3.63) is 29.8 Å². The van der Waals surface area contributed by atoms with Gasteiger partial charge in [-0.2, -0.15) is 0 Å². The van der Waals surface area contributed by atoms with Gasteiger partial charge in [0.25, 0.3) is 0 Å². The van der Waals surface area contributed by atoms with Crippen LogP contribution in [0.4, 0.5) is 5.69 Å². The molecule has 1 atom stereocenters. The summed E-state index contributed by atoms with van der Waals surface area (Å²) < 4.78 is 25.7. The second kappa shape index (κ2) is 5.83. The molecule has 0 fully saturated rings. The van der Waals surface area contributed by atoms with E-state index in [2.05, 4.69) is 10.0 Å². The van der Waals surface area contributed by atoms with E-state index < -0.39 is 21.2 Å². The molecule has 0 aliphatic carbocycles. The van der Waals surface area contributed by atoms with Crippen LogP contribution >= 0.6 is 0 Å². The predicted molar refractivity (Wildman–Crippen MR) is 68.8 cm³/mol. The molecule has 1 aromatic rings. The maximum Gasteiger partial charge on any atom is 0.323 e. The number of nitrogens with one attached hydrogen (secondary N) is 2. The smallest absolute Gasteiger partial charge is 0.323 e. The third-order valence-electron chi connectivity index (χ3n) is 2.38. The monoisotopic (exact) mass is 272 g/mol. The number of sulfonamides is 1. The number of anilines is 1. The number of rotatable bonds is 6. The van der Waals surface area contributed by atoms with Gasteiger partial charge >= 0.3 is 5.97 Å². The summed E-state index contributed by atoms with van der Waals surface area (Å²) in [6.45, 7) is 1.73. The zero-order valence-corrected chi connectivity index (χ0v) is 11.0. The lowest BCUT2D eigenvalue weighted by molar-refractivity contribution is -0.136. The maximum absolute atomic E-state index is 11.7. The highest BCUT2D eigenvalue weighted by atomic mass is 32.2. The quantitative estimate of drug-likeness (QED) is 0.705. The predicted octanol–water partition coefficient (Wildman–Crippen LogP) is 0.621. The van der Waals surface area contributed by atoms with E-state index >= 15 is 0 Å². The van der Waals surface area contributed by atoms with E-state index in [1.165, 1.54) is 0 Å². The van der Waals surface area contributed by atoms with E-state index in [1.807, 2.05) is 6.07 Å². The summed E-state index contributed by atoms with van der Waals surface area (Å²) in [4.78, 5) is 10.7. The molecule has 0 amide bonds. The minimum atomic E-state index is -3.91. The largest absolute Gasteiger partial charge is 0.480 e. The minimum Gasteiger partial charge on any atom is -0.480 e. The van der Waals surface area contributed by atoms with E-state index in [9.17, 15) is 13.2 Å². The summed E-state index contributed by atoms with van der Waals surface area (Å²) in [6, 6.07) is 6.78. The van der Waals surface area contributed by atoms with Crippen molar-refractivity contribution in [2.45, 2.75) is 18.7 Å². The topological polar surface area (TPSA) is 95.5 Å². The first kappa shape index (κ1) is 14.5. The first-order chi connectivity index (χ1) is 8.36. The van der Waals surface area contributed by atoms with Gasteiger partial charge in [-0.1, -0.05) is 12.1 Å². The van der Waals surface area contributed by atoms with E-state index in [0.717, 1.165) is 12.5 Å². The molecule has 7 heteroatoms. The van der Waals surface area contributed by atoms with E-state index in [-0.39, 0.29) is 0 Å². The lowest BCUT2D eigenvalue weighted by atomic mass is 10.2. The average Bonchev–Trinajstić information content (AvgIpc) is 2.28. The fourth-order valence-electron chi connectivity index (χ4n) is 1.33. The molecule has 0 bridgehead atoms. The van der Waals surface area contributed by atoms with Crippen LogP contribution in [-0.4, -0.2) is 31.8 Å². The Morgan fingerprint density at radius 3 is 2.67 bits per heavy atom. The Balaban J connectivity index is 2.90. The van der Waals surface area contributed by atoms with Crippen LogP contribution in [0.1, 0.15) is 12.5 Å². The fraction of sp³-hybridized carbons (Fsp3) is 0.364. The van der Waals surface area contributed by atoms with Gasteiger partial charge in [-0.3, -0.25) is 9.52 Å². The zero-order valence-electron chi connectivity index (χ0n) is 10.2. The van der Waals surface area contributed by atoms with E-state index in [0.29, 0.717) is 12.2 Å². The SMILES string of the molecule is CNCc1cccc(NS(=O)(=O)C(C)C(=O)O)c1. The highest BCUT2D eigenvalue weighted by Crippen LogP contribution is 2.14. The molecule has 0 aliphatic heterocycles. The third kappa shape index (κ3) is 3.71. The molecule has 6 nitrogen and oxygen atoms in total. The Kier molecular flexibility index (Phi) is 4.69. The number of carbonyl (C=O) groups is 1. The van der Waals surface area contributed by atoms with Crippen LogP contribution in [0.2, 0.25) is 0 Å². The van der Waals surface area contributed by atoms with E-state index in [4.69, 9.17) is 5.11 Å². The highest BCUT2D eigenvalue weighted by Gasteiger charge is 2.27. The molecule has 0 aliphatic rings. The number of carboxylic acid groups (broad SMARTS) is 1. The maximum atomic E-state index is 11.7. The second-order valence-corrected chi connectivity index (χ2v) is 5.86. The normalized spacial score (nSPS) is 13.0. The van der Waals surface area contributed by atoms with Gasteiger partial charge in [0.2, 0.25) is 10.0 Å². The fourth-order valence-corrected chi connectivity index (χ4v) is 2.23. The third-order valence-corrected chi connectivity index (χ3v) is 4.03. The summed E-state index contributed by atoms with van der Waals surface area (Å²) >= 11 is 0. The summed E-state index contributed by atoms with van der Waals surface area (Å²) in [7, 11) is -2.13. The van der Waals surface area contributed by atoms with Gasteiger partial charge in [0.1, 0.15) is 0 Å². The van der Waals surface area contributed by atoms with Crippen LogP contribution < -0.4 is 10.0 Å². The Morgan fingerprint density at radius 2 is 2.11 bits per heavy atom. The number of aliphatic carboxylic acids is 1. The van der Waals surface area contributed by atoms with Crippen molar-refractivity contribution in [2.24, 2.45) is 0 Å². The van der Waals surface area contributed by atoms with Crippen molar-refractivity contribution in [1.29, 1.82) is 0 Å². The highest BCUT2D eigenvalue weighted by molar-refractivity contribution is 7.94. The number of benzene rings is 1. The van der Waals surface area contributed by atoms with Gasteiger partial charge in [-0.15, -0.1) is 0 Å². The first-order valence-corrected chi connectivity index (χ1v) is 6.89. The van der Waals surface area contributed by atoms with Crippen molar-refractivity contribution in [3.63, 3.8) is 0 Å². The molecule has 1 unspecified atom stereocenters. The number of hydrogen-bond acceptors (Lipinski definition) is 4. The lowest BCUT2D eigenvalue weighted by Crippen LogP contribution is -2.32. The van der Waals surface area contributed by atoms with Gasteiger partial charge in [-0.05, 0) is 31.7 Å². The van der Waals surface area contributed by atoms with Crippen LogP contribution in [0.5, 0.6) is 0 Å². The molecule has 1 aromatic carbocycles. The van der Waals surface area contributed by atoms with Gasteiger partial charge in [-0.25, -0.2) is 8.42 Å². The van der Waals surface area contributed by atoms with Crippen LogP contribution in [0.25, 0.3) is 0 Å². The van der Waals surface area contributed by atoms with Crippen LogP contribution in [0.15, 0.2) is 24.3 Å². The molecular weight excluding hydrogens is 256 g/mol. The minimum absolute atomic E-state index is 0.357. The van der Waals surface area contributed by atoms with Crippen molar-refractivity contribution < 1.29 is 18.3 Å². The lowest BCUT2D eigenvalue weighted by Gasteiger charge is -2.12. The van der Waals surface area contributed by atoms with Gasteiger partial charge in [0, 0.05) is 12.2 Å². The van der Waals surface area contributed by atoms with Crippen LogP contribution in [0, 0.1) is 0 Å². The molecule has 18 heavy (non-hydrogen) atoms. The van der Waals surface area contributed by atoms with Gasteiger partial charge in [0.15, 0.2) is 5.25 Å². The molecule has 100 valence electrons. The molecular formula is C11H16N2O4S. The standard InChI is InChI=1S/C11H16N2O4S/c1-8(11(14)15)18(16,17)13-10-5-3-4-9(6-10)7-12-2/h3-6,8,12-13H,7H2,1-2H3,(H,14,15). The Hall–Kier alpha value is -1.60. The summed E-state index contributed by atoms with van der Waals surface area (Å²) in [5, 5.41) is 10.2. The zero-order chi connectivity index (χ0) is 13.8. The number of carboxylic acids is 1. The molecule has 0 saturated heterocycles. The molecule has 1 rings (SSSR count). The molecule has 0 aromatic heterocycles. The first-order valence-electron chi connectivity index (χ1n) is 5.35. The van der Waals surface area contributed by atoms with Crippen molar-refractivity contribution in [1.82, 2.24) is 5.32 Å². The van der Waals surface area contributed by atoms with E-state index in [1.54, 1.807) is 25.2 Å². The average molecular weight is 272 g/mol. The van der Waals surface area contributed by atoms with Crippen molar-refractivity contribution >= 4 is 21.7 Å². The van der Waals surface area contributed by atoms with Gasteiger partial charge in [0.05, 0.1) is 0 Å². The Morgan fingerprint density at radius 1 is 1.44 bits per heavy atom. The van der Waals surface area contributed by atoms with Crippen LogP contribution in [-0.2, 0) is 21.4 Å². The number of hydrogen-bond donors (Lipinski definition) is 3. The van der Waals surface area contributed by atoms with Crippen molar-refractivity contribution in [3.8, 4) is 0 Å². The van der Waals surface area contributed by atoms with Crippen molar-refractivity contribution in [2.75, 3.05) is 11.8 Å². The Bertz CT molecular complexity index is 528. The molecule has 0 spiro atoms. The molecule has 3 N–H and O–H groups in total. The molecule has 0 saturated carbocycles. The second-order valence-electron chi connectivity index (χ2n) is 3.86. The van der Waals surface area contributed by atoms with Gasteiger partial charge < -0.3 is 10.4 Å². The Labute approximate surface area is 106 Å². The molecule has 0 heterocycles. The summed E-state index contributed by atoms with van der Waals surface area (Å²) in [6.07, 6.45) is 0. The van der Waals surface area contributed by atoms with Crippen LogP contribution in [0.3, 0.4) is 0 Å². The summed E-state index contributed by atoms with van der Waals surface area (Å²) in [5.74, 6) is -1.38. The molecule has 0 radical (unpaired) electrons. The summed E-state index contributed by atoms with van der Waals surface area (Å²) in [5.41, 5.74) is 1.26.